The average molecular weight is 429 g/mol. The molecule has 0 saturated heterocycles. The SMILES string of the molecule is CCn1c(-c2c(Cl)cccc2Cl)nc(-c2ccncc2)c1-c1ccc(Cl)cc1. The molecular formula is C22H16Cl3N3. The first-order chi connectivity index (χ1) is 13.6. The van der Waals surface area contributed by atoms with Gasteiger partial charge in [0, 0.05) is 35.1 Å². The second-order valence-corrected chi connectivity index (χ2v) is 7.47. The summed E-state index contributed by atoms with van der Waals surface area (Å²) in [6.45, 7) is 2.78. The quantitative estimate of drug-likeness (QED) is 0.342. The minimum Gasteiger partial charge on any atom is -0.324 e. The lowest BCUT2D eigenvalue weighted by Crippen LogP contribution is -2.01. The average Bonchev–Trinajstić information content (AvgIpc) is 3.08. The van der Waals surface area contributed by atoms with Crippen molar-refractivity contribution in [3.05, 3.63) is 82.1 Å². The van der Waals surface area contributed by atoms with E-state index < -0.39 is 0 Å². The highest BCUT2D eigenvalue weighted by atomic mass is 35.5. The molecule has 0 aliphatic carbocycles. The maximum Gasteiger partial charge on any atom is 0.144 e. The Morgan fingerprint density at radius 1 is 0.821 bits per heavy atom. The van der Waals surface area contributed by atoms with Gasteiger partial charge in [0.05, 0.1) is 27.0 Å². The third-order valence-electron chi connectivity index (χ3n) is 4.54. The molecule has 0 spiro atoms. The first-order valence-electron chi connectivity index (χ1n) is 8.81. The molecule has 0 saturated carbocycles. The maximum absolute atomic E-state index is 6.50. The highest BCUT2D eigenvalue weighted by Crippen LogP contribution is 2.40. The van der Waals surface area contributed by atoms with Crippen molar-refractivity contribution in [2.45, 2.75) is 13.5 Å². The highest BCUT2D eigenvalue weighted by molar-refractivity contribution is 6.39. The summed E-state index contributed by atoms with van der Waals surface area (Å²) < 4.78 is 2.13. The van der Waals surface area contributed by atoms with Crippen molar-refractivity contribution in [2.75, 3.05) is 0 Å². The molecule has 4 rings (SSSR count). The van der Waals surface area contributed by atoms with Gasteiger partial charge in [-0.1, -0.05) is 53.0 Å². The Morgan fingerprint density at radius 3 is 2.07 bits per heavy atom. The predicted molar refractivity (Wildman–Crippen MR) is 117 cm³/mol. The number of rotatable bonds is 4. The van der Waals surface area contributed by atoms with Crippen LogP contribution >= 0.6 is 34.8 Å². The lowest BCUT2D eigenvalue weighted by atomic mass is 10.1. The molecule has 0 atom stereocenters. The molecule has 0 unspecified atom stereocenters. The normalized spacial score (nSPS) is 11.0. The van der Waals surface area contributed by atoms with Crippen molar-refractivity contribution >= 4 is 34.8 Å². The van der Waals surface area contributed by atoms with Crippen molar-refractivity contribution in [3.8, 4) is 33.9 Å². The second kappa shape index (κ2) is 7.96. The molecule has 3 nitrogen and oxygen atoms in total. The van der Waals surface area contributed by atoms with Crippen LogP contribution in [0, 0.1) is 0 Å². The van der Waals surface area contributed by atoms with E-state index in [0.29, 0.717) is 21.6 Å². The number of imidazole rings is 1. The van der Waals surface area contributed by atoms with Gasteiger partial charge in [0.15, 0.2) is 0 Å². The van der Waals surface area contributed by atoms with E-state index in [9.17, 15) is 0 Å². The van der Waals surface area contributed by atoms with Crippen molar-refractivity contribution in [1.29, 1.82) is 0 Å². The Labute approximate surface area is 178 Å². The van der Waals surface area contributed by atoms with Crippen LogP contribution < -0.4 is 0 Å². The van der Waals surface area contributed by atoms with Gasteiger partial charge in [-0.25, -0.2) is 4.98 Å². The number of hydrogen-bond acceptors (Lipinski definition) is 2. The standard InChI is InChI=1S/C22H16Cl3N3/c1-2-28-21(15-6-8-16(23)9-7-15)20(14-10-12-26-13-11-14)27-22(28)19-17(24)4-3-5-18(19)25/h3-13H,2H2,1H3. The van der Waals surface area contributed by atoms with Gasteiger partial charge in [-0.3, -0.25) is 4.98 Å². The predicted octanol–water partition coefficient (Wildman–Crippen LogP) is 7.26. The Morgan fingerprint density at radius 2 is 1.46 bits per heavy atom. The maximum atomic E-state index is 6.50. The van der Waals surface area contributed by atoms with Crippen LogP contribution in [-0.4, -0.2) is 14.5 Å². The molecule has 0 amide bonds. The molecule has 2 aromatic carbocycles. The number of hydrogen-bond donors (Lipinski definition) is 0. The van der Waals surface area contributed by atoms with Crippen LogP contribution in [0.1, 0.15) is 6.92 Å². The molecule has 0 aliphatic rings. The smallest absolute Gasteiger partial charge is 0.144 e. The molecule has 4 aromatic rings. The lowest BCUT2D eigenvalue weighted by Gasteiger charge is -2.12. The van der Waals surface area contributed by atoms with Crippen molar-refractivity contribution in [1.82, 2.24) is 14.5 Å². The van der Waals surface area contributed by atoms with E-state index in [1.165, 1.54) is 0 Å². The fraction of sp³-hybridized carbons (Fsp3) is 0.0909. The monoisotopic (exact) mass is 427 g/mol. The summed E-state index contributed by atoms with van der Waals surface area (Å²) in [6.07, 6.45) is 3.52. The van der Waals surface area contributed by atoms with Gasteiger partial charge in [-0.2, -0.15) is 0 Å². The van der Waals surface area contributed by atoms with Crippen LogP contribution in [0.15, 0.2) is 67.0 Å². The van der Waals surface area contributed by atoms with Crippen molar-refractivity contribution in [2.24, 2.45) is 0 Å². The zero-order chi connectivity index (χ0) is 19.7. The molecular weight excluding hydrogens is 413 g/mol. The molecule has 0 bridgehead atoms. The highest BCUT2D eigenvalue weighted by Gasteiger charge is 2.23. The Hall–Kier alpha value is -2.33. The number of aromatic nitrogens is 3. The lowest BCUT2D eigenvalue weighted by molar-refractivity contribution is 0.778. The van der Waals surface area contributed by atoms with Gasteiger partial charge >= 0.3 is 0 Å². The van der Waals surface area contributed by atoms with E-state index in [2.05, 4.69) is 16.5 Å². The molecule has 6 heteroatoms. The zero-order valence-corrected chi connectivity index (χ0v) is 17.3. The fourth-order valence-corrected chi connectivity index (χ4v) is 3.97. The molecule has 0 N–H and O–H groups in total. The minimum absolute atomic E-state index is 0.566. The summed E-state index contributed by atoms with van der Waals surface area (Å²) in [4.78, 5) is 9.10. The summed E-state index contributed by atoms with van der Waals surface area (Å²) in [5.41, 5.74) is 4.54. The zero-order valence-electron chi connectivity index (χ0n) is 15.0. The summed E-state index contributed by atoms with van der Waals surface area (Å²) in [5, 5.41) is 1.82. The van der Waals surface area contributed by atoms with Gasteiger partial charge < -0.3 is 4.57 Å². The molecule has 0 fully saturated rings. The van der Waals surface area contributed by atoms with Crippen LogP contribution in [0.2, 0.25) is 15.1 Å². The van der Waals surface area contributed by atoms with E-state index in [1.54, 1.807) is 12.4 Å². The Kier molecular flexibility index (Phi) is 5.40. The van der Waals surface area contributed by atoms with Gasteiger partial charge in [-0.15, -0.1) is 0 Å². The van der Waals surface area contributed by atoms with Crippen LogP contribution in [-0.2, 0) is 6.54 Å². The molecule has 2 aromatic heterocycles. The first-order valence-corrected chi connectivity index (χ1v) is 9.94. The Bertz CT molecular complexity index is 1100. The Balaban J connectivity index is 2.06. The summed E-state index contributed by atoms with van der Waals surface area (Å²) in [5.74, 6) is 0.731. The first kappa shape index (κ1) is 19.0. The van der Waals surface area contributed by atoms with Crippen LogP contribution in [0.5, 0.6) is 0 Å². The topological polar surface area (TPSA) is 30.7 Å². The molecule has 0 aliphatic heterocycles. The summed E-state index contributed by atoms with van der Waals surface area (Å²) in [7, 11) is 0. The molecule has 28 heavy (non-hydrogen) atoms. The minimum atomic E-state index is 0.566. The van der Waals surface area contributed by atoms with Gasteiger partial charge in [0.2, 0.25) is 0 Å². The van der Waals surface area contributed by atoms with Gasteiger partial charge in [-0.05, 0) is 43.3 Å². The third-order valence-corrected chi connectivity index (χ3v) is 5.42. The van der Waals surface area contributed by atoms with E-state index in [4.69, 9.17) is 39.8 Å². The van der Waals surface area contributed by atoms with Crippen molar-refractivity contribution in [3.63, 3.8) is 0 Å². The largest absolute Gasteiger partial charge is 0.324 e. The molecule has 2 heterocycles. The number of nitrogens with zero attached hydrogens (tertiary/aromatic N) is 3. The molecule has 140 valence electrons. The van der Waals surface area contributed by atoms with E-state index in [1.807, 2.05) is 54.6 Å². The second-order valence-electron chi connectivity index (χ2n) is 6.22. The number of benzene rings is 2. The fourth-order valence-electron chi connectivity index (χ4n) is 3.27. The summed E-state index contributed by atoms with van der Waals surface area (Å²) in [6, 6.07) is 17.1. The van der Waals surface area contributed by atoms with E-state index >= 15 is 0 Å². The van der Waals surface area contributed by atoms with E-state index in [-0.39, 0.29) is 0 Å². The van der Waals surface area contributed by atoms with Crippen LogP contribution in [0.25, 0.3) is 33.9 Å². The van der Waals surface area contributed by atoms with Gasteiger partial charge in [0.25, 0.3) is 0 Å². The number of pyridine rings is 1. The van der Waals surface area contributed by atoms with E-state index in [0.717, 1.165) is 33.9 Å². The summed E-state index contributed by atoms with van der Waals surface area (Å²) >= 11 is 19.1. The van der Waals surface area contributed by atoms with Crippen LogP contribution in [0.3, 0.4) is 0 Å². The molecule has 0 radical (unpaired) electrons. The van der Waals surface area contributed by atoms with Crippen LogP contribution in [0.4, 0.5) is 0 Å². The van der Waals surface area contributed by atoms with Gasteiger partial charge in [0.1, 0.15) is 5.82 Å². The number of halogens is 3. The third kappa shape index (κ3) is 3.42. The van der Waals surface area contributed by atoms with Crippen molar-refractivity contribution < 1.29 is 0 Å².